The zero-order valence-corrected chi connectivity index (χ0v) is 13.7. The fraction of sp³-hybridized carbons (Fsp3) is 0.474. The van der Waals surface area contributed by atoms with Crippen LogP contribution in [-0.4, -0.2) is 28.9 Å². The van der Waals surface area contributed by atoms with Crippen LogP contribution in [-0.2, 0) is 10.3 Å². The molecule has 1 aliphatic heterocycles. The van der Waals surface area contributed by atoms with E-state index in [2.05, 4.69) is 18.2 Å². The third kappa shape index (κ3) is 2.14. The molecule has 1 aromatic heterocycles. The number of fused-ring (bicyclic) bond motifs is 1. The number of aromatic carboxylic acids is 1. The van der Waals surface area contributed by atoms with Gasteiger partial charge in [-0.3, -0.25) is 0 Å². The van der Waals surface area contributed by atoms with Crippen molar-refractivity contribution in [1.82, 2.24) is 4.57 Å². The minimum absolute atomic E-state index is 0.173. The molecule has 24 heavy (non-hydrogen) atoms. The molecule has 1 saturated heterocycles. The zero-order valence-electron chi connectivity index (χ0n) is 13.7. The predicted octanol–water partition coefficient (Wildman–Crippen LogP) is 3.49. The fourth-order valence-corrected chi connectivity index (χ4v) is 4.03. The minimum atomic E-state index is -0.979. The maximum absolute atomic E-state index is 11.7. The van der Waals surface area contributed by atoms with E-state index < -0.39 is 11.5 Å². The number of benzene rings is 1. The molecule has 4 rings (SSSR count). The molecule has 0 amide bonds. The molecular formula is C19H20N2O3. The second-order valence-electron chi connectivity index (χ2n) is 7.02. The molecule has 1 N–H and O–H groups in total. The Morgan fingerprint density at radius 1 is 1.38 bits per heavy atom. The Labute approximate surface area is 140 Å². The molecule has 0 radical (unpaired) electrons. The second-order valence-corrected chi connectivity index (χ2v) is 7.02. The molecule has 1 saturated carbocycles. The maximum Gasteiger partial charge on any atom is 0.352 e. The molecule has 0 spiro atoms. The van der Waals surface area contributed by atoms with Gasteiger partial charge in [-0.2, -0.15) is 5.26 Å². The van der Waals surface area contributed by atoms with Crippen LogP contribution >= 0.6 is 0 Å². The van der Waals surface area contributed by atoms with Crippen LogP contribution in [0.5, 0.6) is 0 Å². The van der Waals surface area contributed by atoms with Crippen molar-refractivity contribution in [3.8, 4) is 6.07 Å². The standard InChI is InChI=1S/C19H20N2O3/c1-12-10-19(12,11-20)21-16-3-2-14(13-4-6-24-7-5-13)8-15(16)9-17(21)18(22)23/h2-3,8-9,12-13H,4-7,10H2,1H3,(H,22,23)/t12-,19?/m0/s1. The summed E-state index contributed by atoms with van der Waals surface area (Å²) in [7, 11) is 0. The van der Waals surface area contributed by atoms with Gasteiger partial charge in [-0.05, 0) is 54.9 Å². The van der Waals surface area contributed by atoms with Crippen molar-refractivity contribution in [2.75, 3.05) is 13.2 Å². The van der Waals surface area contributed by atoms with Gasteiger partial charge >= 0.3 is 5.97 Å². The number of carboxylic acids is 1. The van der Waals surface area contributed by atoms with Gasteiger partial charge in [0.05, 0.1) is 11.6 Å². The molecule has 5 nitrogen and oxygen atoms in total. The monoisotopic (exact) mass is 324 g/mol. The summed E-state index contributed by atoms with van der Waals surface area (Å²) in [5.74, 6) is -0.344. The summed E-state index contributed by atoms with van der Waals surface area (Å²) in [5.41, 5.74) is 1.57. The fourth-order valence-electron chi connectivity index (χ4n) is 4.03. The van der Waals surface area contributed by atoms with Crippen LogP contribution in [0.25, 0.3) is 10.9 Å². The largest absolute Gasteiger partial charge is 0.477 e. The van der Waals surface area contributed by atoms with Crippen molar-refractivity contribution in [2.24, 2.45) is 5.92 Å². The molecule has 2 aliphatic rings. The van der Waals surface area contributed by atoms with Crippen LogP contribution < -0.4 is 0 Å². The van der Waals surface area contributed by atoms with Crippen LogP contribution in [0.3, 0.4) is 0 Å². The minimum Gasteiger partial charge on any atom is -0.477 e. The van der Waals surface area contributed by atoms with Crippen LogP contribution in [0, 0.1) is 17.2 Å². The normalized spacial score (nSPS) is 27.1. The first-order chi connectivity index (χ1) is 11.6. The van der Waals surface area contributed by atoms with Gasteiger partial charge in [0.2, 0.25) is 0 Å². The topological polar surface area (TPSA) is 75.2 Å². The average Bonchev–Trinajstić information content (AvgIpc) is 3.10. The molecule has 2 aromatic rings. The zero-order chi connectivity index (χ0) is 16.9. The molecule has 1 unspecified atom stereocenters. The number of ether oxygens (including phenoxy) is 1. The Hall–Kier alpha value is -2.32. The van der Waals surface area contributed by atoms with Crippen molar-refractivity contribution >= 4 is 16.9 Å². The number of hydrogen-bond donors (Lipinski definition) is 1. The SMILES string of the molecule is C[C@H]1CC1(C#N)n1c(C(=O)O)cc2cc(C3CCOCC3)ccc21. The highest BCUT2D eigenvalue weighted by Gasteiger charge is 2.55. The van der Waals surface area contributed by atoms with E-state index in [0.717, 1.165) is 37.0 Å². The molecule has 2 fully saturated rings. The van der Waals surface area contributed by atoms with Gasteiger partial charge in [0.1, 0.15) is 11.2 Å². The molecule has 124 valence electrons. The number of aromatic nitrogens is 1. The number of rotatable bonds is 3. The van der Waals surface area contributed by atoms with Gasteiger partial charge in [-0.1, -0.05) is 13.0 Å². The number of nitrogens with zero attached hydrogens (tertiary/aromatic N) is 2. The third-order valence-electron chi connectivity index (χ3n) is 5.60. The van der Waals surface area contributed by atoms with E-state index in [1.807, 2.05) is 13.0 Å². The molecule has 5 heteroatoms. The highest BCUT2D eigenvalue weighted by Crippen LogP contribution is 2.52. The summed E-state index contributed by atoms with van der Waals surface area (Å²) in [6.07, 6.45) is 2.70. The van der Waals surface area contributed by atoms with E-state index in [1.54, 1.807) is 10.6 Å². The summed E-state index contributed by atoms with van der Waals surface area (Å²) in [5, 5.41) is 20.2. The maximum atomic E-state index is 11.7. The number of nitriles is 1. The van der Waals surface area contributed by atoms with E-state index >= 15 is 0 Å². The lowest BCUT2D eigenvalue weighted by molar-refractivity contribution is 0.0683. The highest BCUT2D eigenvalue weighted by molar-refractivity contribution is 5.95. The van der Waals surface area contributed by atoms with Crippen molar-refractivity contribution in [3.63, 3.8) is 0 Å². The number of carbonyl (C=O) groups is 1. The highest BCUT2D eigenvalue weighted by atomic mass is 16.5. The first kappa shape index (κ1) is 15.2. The van der Waals surface area contributed by atoms with Crippen molar-refractivity contribution < 1.29 is 14.6 Å². The van der Waals surface area contributed by atoms with Gasteiger partial charge in [-0.15, -0.1) is 0 Å². The summed E-state index contributed by atoms with van der Waals surface area (Å²) < 4.78 is 7.16. The molecule has 1 aliphatic carbocycles. The Morgan fingerprint density at radius 2 is 2.08 bits per heavy atom. The smallest absolute Gasteiger partial charge is 0.352 e. The predicted molar refractivity (Wildman–Crippen MR) is 89.1 cm³/mol. The second kappa shape index (κ2) is 5.35. The average molecular weight is 324 g/mol. The lowest BCUT2D eigenvalue weighted by Gasteiger charge is -2.22. The summed E-state index contributed by atoms with van der Waals surface area (Å²) in [4.78, 5) is 11.7. The van der Waals surface area contributed by atoms with E-state index in [-0.39, 0.29) is 11.6 Å². The van der Waals surface area contributed by atoms with Crippen LogP contribution in [0.1, 0.15) is 48.2 Å². The van der Waals surface area contributed by atoms with Gasteiger partial charge < -0.3 is 14.4 Å². The molecule has 2 atom stereocenters. The van der Waals surface area contributed by atoms with Gasteiger partial charge in [0, 0.05) is 18.6 Å². The summed E-state index contributed by atoms with van der Waals surface area (Å²) in [6, 6.07) is 10.2. The van der Waals surface area contributed by atoms with E-state index in [9.17, 15) is 15.2 Å². The van der Waals surface area contributed by atoms with Crippen LogP contribution in [0.15, 0.2) is 24.3 Å². The van der Waals surface area contributed by atoms with Crippen LogP contribution in [0.2, 0.25) is 0 Å². The molecule has 2 heterocycles. The first-order valence-corrected chi connectivity index (χ1v) is 8.45. The Kier molecular flexibility index (Phi) is 3.40. The van der Waals surface area contributed by atoms with Crippen LogP contribution in [0.4, 0.5) is 0 Å². The van der Waals surface area contributed by atoms with E-state index in [4.69, 9.17) is 4.74 Å². The van der Waals surface area contributed by atoms with Gasteiger partial charge in [0.15, 0.2) is 0 Å². The van der Waals surface area contributed by atoms with Crippen molar-refractivity contribution in [1.29, 1.82) is 5.26 Å². The van der Waals surface area contributed by atoms with Crippen molar-refractivity contribution in [3.05, 3.63) is 35.5 Å². The van der Waals surface area contributed by atoms with Gasteiger partial charge in [0.25, 0.3) is 0 Å². The van der Waals surface area contributed by atoms with E-state index in [1.165, 1.54) is 5.56 Å². The Balaban J connectivity index is 1.85. The molecular weight excluding hydrogens is 304 g/mol. The lowest BCUT2D eigenvalue weighted by Crippen LogP contribution is -2.21. The Morgan fingerprint density at radius 3 is 2.67 bits per heavy atom. The molecule has 0 bridgehead atoms. The van der Waals surface area contributed by atoms with E-state index in [0.29, 0.717) is 12.3 Å². The molecule has 1 aromatic carbocycles. The summed E-state index contributed by atoms with van der Waals surface area (Å²) in [6.45, 7) is 3.55. The quantitative estimate of drug-likeness (QED) is 0.937. The number of carboxylic acid groups (broad SMARTS) is 1. The van der Waals surface area contributed by atoms with Crippen molar-refractivity contribution in [2.45, 2.75) is 37.6 Å². The Bertz CT molecular complexity index is 857. The van der Waals surface area contributed by atoms with Gasteiger partial charge in [-0.25, -0.2) is 4.79 Å². The third-order valence-corrected chi connectivity index (χ3v) is 5.60. The first-order valence-electron chi connectivity index (χ1n) is 8.45. The summed E-state index contributed by atoms with van der Waals surface area (Å²) >= 11 is 0. The number of hydrogen-bond acceptors (Lipinski definition) is 3. The lowest BCUT2D eigenvalue weighted by atomic mass is 9.91.